The van der Waals surface area contributed by atoms with Gasteiger partial charge in [0.25, 0.3) is 5.91 Å². The van der Waals surface area contributed by atoms with E-state index in [1.165, 1.54) is 6.92 Å². The molecule has 1 amide bonds. The van der Waals surface area contributed by atoms with Crippen LogP contribution < -0.4 is 19.5 Å². The Kier molecular flexibility index (Phi) is 4.92. The number of ketones is 1. The lowest BCUT2D eigenvalue weighted by molar-refractivity contribution is -0.118. The largest absolute Gasteiger partial charge is 0.483 e. The zero-order valence-corrected chi connectivity index (χ0v) is 15.5. The van der Waals surface area contributed by atoms with Gasteiger partial charge in [-0.2, -0.15) is 0 Å². The normalized spacial score (nSPS) is 17.0. The van der Waals surface area contributed by atoms with Crippen LogP contribution >= 0.6 is 0 Å². The number of Topliss-reactive ketones (excluding diaryl/α,β-unsaturated/α-hetero) is 1. The summed E-state index contributed by atoms with van der Waals surface area (Å²) in [4.78, 5) is 24.3. The number of hydrogen-bond acceptors (Lipinski definition) is 6. The van der Waals surface area contributed by atoms with Gasteiger partial charge in [0.05, 0.1) is 11.8 Å². The van der Waals surface area contributed by atoms with Crippen molar-refractivity contribution in [3.63, 3.8) is 0 Å². The molecule has 4 rings (SSSR count). The average Bonchev–Trinajstić information content (AvgIpc) is 3.13. The van der Waals surface area contributed by atoms with Crippen molar-refractivity contribution >= 4 is 17.4 Å². The molecule has 0 fully saturated rings. The van der Waals surface area contributed by atoms with Gasteiger partial charge in [0, 0.05) is 11.6 Å². The molecule has 28 heavy (non-hydrogen) atoms. The molecule has 146 valence electrons. The van der Waals surface area contributed by atoms with Crippen LogP contribution in [-0.4, -0.2) is 30.2 Å². The number of carbonyl (C=O) groups excluding carboxylic acids is 2. The van der Waals surface area contributed by atoms with Crippen LogP contribution in [0.3, 0.4) is 0 Å². The maximum Gasteiger partial charge on any atom is 0.262 e. The van der Waals surface area contributed by atoms with Crippen molar-refractivity contribution in [1.29, 1.82) is 0 Å². The number of carbonyl (C=O) groups is 2. The van der Waals surface area contributed by atoms with E-state index in [-0.39, 0.29) is 19.2 Å². The third kappa shape index (κ3) is 3.53. The van der Waals surface area contributed by atoms with Crippen LogP contribution in [0, 0.1) is 0 Å². The molecule has 0 saturated heterocycles. The molecule has 0 bridgehead atoms. The second-order valence-corrected chi connectivity index (χ2v) is 6.88. The maximum absolute atomic E-state index is 12.4. The third-order valence-corrected chi connectivity index (χ3v) is 4.96. The number of amides is 1. The summed E-state index contributed by atoms with van der Waals surface area (Å²) in [6, 6.07) is 8.64. The summed E-state index contributed by atoms with van der Waals surface area (Å²) in [6.07, 6.45) is 1.92. The van der Waals surface area contributed by atoms with Crippen molar-refractivity contribution in [3.05, 3.63) is 47.0 Å². The highest BCUT2D eigenvalue weighted by Crippen LogP contribution is 2.37. The lowest BCUT2D eigenvalue weighted by Crippen LogP contribution is -2.22. The molecule has 1 atom stereocenters. The second kappa shape index (κ2) is 7.52. The van der Waals surface area contributed by atoms with Gasteiger partial charge in [-0.25, -0.2) is 0 Å². The first-order valence-corrected chi connectivity index (χ1v) is 9.20. The summed E-state index contributed by atoms with van der Waals surface area (Å²) >= 11 is 0. The van der Waals surface area contributed by atoms with Gasteiger partial charge in [-0.3, -0.25) is 9.59 Å². The van der Waals surface area contributed by atoms with E-state index in [0.717, 1.165) is 30.4 Å². The van der Waals surface area contributed by atoms with Gasteiger partial charge in [0.15, 0.2) is 23.9 Å². The molecule has 2 N–H and O–H groups in total. The molecule has 7 heteroatoms. The van der Waals surface area contributed by atoms with Gasteiger partial charge in [-0.05, 0) is 49.4 Å². The molecule has 0 saturated carbocycles. The lowest BCUT2D eigenvalue weighted by Gasteiger charge is -2.23. The van der Waals surface area contributed by atoms with Crippen LogP contribution in [0.15, 0.2) is 30.3 Å². The maximum atomic E-state index is 12.4. The van der Waals surface area contributed by atoms with Crippen molar-refractivity contribution in [2.75, 3.05) is 18.7 Å². The summed E-state index contributed by atoms with van der Waals surface area (Å²) in [5.41, 5.74) is 2.51. The molecule has 7 nitrogen and oxygen atoms in total. The molecule has 2 aromatic carbocycles. The summed E-state index contributed by atoms with van der Waals surface area (Å²) in [6.45, 7) is 1.29. The molecule has 0 unspecified atom stereocenters. The highest BCUT2D eigenvalue weighted by Gasteiger charge is 2.22. The van der Waals surface area contributed by atoms with Crippen LogP contribution in [0.4, 0.5) is 5.69 Å². The number of fused-ring (bicyclic) bond motifs is 2. The standard InChI is InChI=1S/C21H21NO6/c1-12(23)15-8-19-20(28-11-27-19)9-16(15)22-21(25)10-26-18-7-3-4-13-14(18)5-2-6-17(13)24/h3-4,7-9,17,24H,2,5-6,10-11H2,1H3,(H,22,25)/t17-/m1/s1. The number of hydrogen-bond donors (Lipinski definition) is 2. The molecular formula is C21H21NO6. The Balaban J connectivity index is 1.48. The number of rotatable bonds is 5. The van der Waals surface area contributed by atoms with Crippen LogP contribution in [0.1, 0.15) is 47.4 Å². The molecule has 0 spiro atoms. The Labute approximate surface area is 162 Å². The summed E-state index contributed by atoms with van der Waals surface area (Å²) in [7, 11) is 0. The van der Waals surface area contributed by atoms with E-state index in [0.29, 0.717) is 28.5 Å². The highest BCUT2D eigenvalue weighted by atomic mass is 16.7. The minimum Gasteiger partial charge on any atom is -0.483 e. The quantitative estimate of drug-likeness (QED) is 0.771. The Morgan fingerprint density at radius 3 is 2.82 bits per heavy atom. The lowest BCUT2D eigenvalue weighted by atomic mass is 9.89. The number of benzene rings is 2. The fourth-order valence-corrected chi connectivity index (χ4v) is 3.59. The van der Waals surface area contributed by atoms with Crippen molar-refractivity contribution in [1.82, 2.24) is 0 Å². The number of aliphatic hydroxyl groups excluding tert-OH is 1. The predicted octanol–water partition coefficient (Wildman–Crippen LogP) is 3.01. The third-order valence-electron chi connectivity index (χ3n) is 4.96. The Hall–Kier alpha value is -3.06. The van der Waals surface area contributed by atoms with Gasteiger partial charge in [-0.1, -0.05) is 12.1 Å². The van der Waals surface area contributed by atoms with Crippen molar-refractivity contribution in [3.8, 4) is 17.2 Å². The number of anilines is 1. The van der Waals surface area contributed by atoms with Gasteiger partial charge < -0.3 is 24.6 Å². The van der Waals surface area contributed by atoms with E-state index in [4.69, 9.17) is 14.2 Å². The molecule has 0 aromatic heterocycles. The molecule has 2 aromatic rings. The average molecular weight is 383 g/mol. The molecule has 1 aliphatic heterocycles. The van der Waals surface area contributed by atoms with E-state index in [9.17, 15) is 14.7 Å². The summed E-state index contributed by atoms with van der Waals surface area (Å²) in [5.74, 6) is 0.973. The van der Waals surface area contributed by atoms with Gasteiger partial charge >= 0.3 is 0 Å². The van der Waals surface area contributed by atoms with Crippen LogP contribution in [0.25, 0.3) is 0 Å². The highest BCUT2D eigenvalue weighted by molar-refractivity contribution is 6.04. The van der Waals surface area contributed by atoms with Crippen molar-refractivity contribution in [2.24, 2.45) is 0 Å². The molecule has 1 heterocycles. The van der Waals surface area contributed by atoms with E-state index < -0.39 is 12.0 Å². The minimum absolute atomic E-state index is 0.0815. The smallest absolute Gasteiger partial charge is 0.262 e. The molecular weight excluding hydrogens is 362 g/mol. The van der Waals surface area contributed by atoms with E-state index in [2.05, 4.69) is 5.32 Å². The summed E-state index contributed by atoms with van der Waals surface area (Å²) in [5, 5.41) is 12.8. The van der Waals surface area contributed by atoms with Crippen molar-refractivity contribution in [2.45, 2.75) is 32.3 Å². The Bertz CT molecular complexity index is 939. The fraction of sp³-hybridized carbons (Fsp3) is 0.333. The SMILES string of the molecule is CC(=O)c1cc2c(cc1NC(=O)COc1cccc3c1CCC[C@H]3O)OCO2. The van der Waals surface area contributed by atoms with Gasteiger partial charge in [-0.15, -0.1) is 0 Å². The number of nitrogens with one attached hydrogen (secondary N) is 1. The first kappa shape index (κ1) is 18.3. The van der Waals surface area contributed by atoms with E-state index in [1.807, 2.05) is 12.1 Å². The number of aliphatic hydroxyl groups is 1. The Morgan fingerprint density at radius 1 is 1.25 bits per heavy atom. The monoisotopic (exact) mass is 383 g/mol. The van der Waals surface area contributed by atoms with Crippen LogP contribution in [0.2, 0.25) is 0 Å². The van der Waals surface area contributed by atoms with Crippen LogP contribution in [-0.2, 0) is 11.2 Å². The zero-order chi connectivity index (χ0) is 19.7. The predicted molar refractivity (Wildman–Crippen MR) is 101 cm³/mol. The first-order valence-electron chi connectivity index (χ1n) is 9.20. The van der Waals surface area contributed by atoms with E-state index in [1.54, 1.807) is 18.2 Å². The fourth-order valence-electron chi connectivity index (χ4n) is 3.59. The topological polar surface area (TPSA) is 94.1 Å². The molecule has 1 aliphatic carbocycles. The molecule has 2 aliphatic rings. The van der Waals surface area contributed by atoms with Gasteiger partial charge in [0.2, 0.25) is 6.79 Å². The van der Waals surface area contributed by atoms with Crippen LogP contribution in [0.5, 0.6) is 17.2 Å². The first-order chi connectivity index (χ1) is 13.5. The van der Waals surface area contributed by atoms with Gasteiger partial charge in [0.1, 0.15) is 5.75 Å². The minimum atomic E-state index is -0.493. The second-order valence-electron chi connectivity index (χ2n) is 6.88. The number of ether oxygens (including phenoxy) is 3. The molecule has 0 radical (unpaired) electrons. The Morgan fingerprint density at radius 2 is 2.04 bits per heavy atom. The summed E-state index contributed by atoms with van der Waals surface area (Å²) < 4.78 is 16.3. The van der Waals surface area contributed by atoms with E-state index >= 15 is 0 Å². The van der Waals surface area contributed by atoms with Crippen molar-refractivity contribution < 1.29 is 28.9 Å². The zero-order valence-electron chi connectivity index (χ0n) is 15.5.